The van der Waals surface area contributed by atoms with Gasteiger partial charge in [-0.05, 0) is 31.0 Å². The van der Waals surface area contributed by atoms with Gasteiger partial charge < -0.3 is 9.47 Å². The van der Waals surface area contributed by atoms with E-state index in [0.29, 0.717) is 12.3 Å². The Kier molecular flexibility index (Phi) is 4.28. The molecule has 0 bridgehead atoms. The average molecular weight is 284 g/mol. The second kappa shape index (κ2) is 6.52. The average Bonchev–Trinajstić information content (AvgIpc) is 3.07. The van der Waals surface area contributed by atoms with Crippen LogP contribution in [0.25, 0.3) is 0 Å². The minimum Gasteiger partial charge on any atom is -0.354 e. The molecule has 0 radical (unpaired) electrons. The molecule has 1 amide bonds. The highest BCUT2D eigenvalue weighted by molar-refractivity contribution is 5.76. The molecule has 0 spiro atoms. The smallest absolute Gasteiger partial charge is 0.224 e. The zero-order chi connectivity index (χ0) is 14.5. The first-order chi connectivity index (χ1) is 10.3. The van der Waals surface area contributed by atoms with Gasteiger partial charge >= 0.3 is 0 Å². The van der Waals surface area contributed by atoms with E-state index in [1.54, 1.807) is 12.4 Å². The maximum Gasteiger partial charge on any atom is 0.224 e. The first-order valence-electron chi connectivity index (χ1n) is 7.48. The molecule has 1 saturated heterocycles. The number of aromatic nitrogens is 3. The van der Waals surface area contributed by atoms with Crippen molar-refractivity contribution in [1.82, 2.24) is 19.4 Å². The molecule has 0 unspecified atom stereocenters. The maximum atomic E-state index is 12.2. The van der Waals surface area contributed by atoms with Gasteiger partial charge in [0.25, 0.3) is 0 Å². The van der Waals surface area contributed by atoms with E-state index >= 15 is 0 Å². The van der Waals surface area contributed by atoms with Crippen LogP contribution in [-0.4, -0.2) is 38.4 Å². The van der Waals surface area contributed by atoms with Crippen molar-refractivity contribution in [2.24, 2.45) is 0 Å². The topological polar surface area (TPSA) is 51.0 Å². The minimum absolute atomic E-state index is 0.246. The van der Waals surface area contributed by atoms with E-state index in [2.05, 4.69) is 9.97 Å². The molecule has 5 heteroatoms. The summed E-state index contributed by atoms with van der Waals surface area (Å²) in [6.45, 7) is 2.38. The molecule has 3 rings (SSSR count). The lowest BCUT2D eigenvalue weighted by Gasteiger charge is -2.31. The molecule has 3 heterocycles. The number of rotatable bonds is 4. The van der Waals surface area contributed by atoms with Gasteiger partial charge in [0.2, 0.25) is 5.91 Å². The van der Waals surface area contributed by atoms with Gasteiger partial charge in [-0.1, -0.05) is 0 Å². The standard InChI is InChI=1S/C16H20N4O/c21-15(6-11-19-9-1-2-10-19)20-12-4-14(5-13-20)16-17-7-3-8-18-16/h1-3,7-10,14H,4-6,11-13H2. The summed E-state index contributed by atoms with van der Waals surface area (Å²) in [6, 6.07) is 5.80. The number of carbonyl (C=O) groups is 1. The highest BCUT2D eigenvalue weighted by Crippen LogP contribution is 2.25. The normalized spacial score (nSPS) is 16.1. The summed E-state index contributed by atoms with van der Waals surface area (Å²) >= 11 is 0. The van der Waals surface area contributed by atoms with Crippen LogP contribution in [0.4, 0.5) is 0 Å². The number of hydrogen-bond donors (Lipinski definition) is 0. The molecular weight excluding hydrogens is 264 g/mol. The molecule has 0 aromatic carbocycles. The molecule has 2 aromatic heterocycles. The summed E-state index contributed by atoms with van der Waals surface area (Å²) < 4.78 is 2.04. The summed E-state index contributed by atoms with van der Waals surface area (Å²) in [4.78, 5) is 22.8. The van der Waals surface area contributed by atoms with Crippen LogP contribution in [0.15, 0.2) is 43.0 Å². The van der Waals surface area contributed by atoms with Crippen LogP contribution in [0.3, 0.4) is 0 Å². The fraction of sp³-hybridized carbons (Fsp3) is 0.438. The summed E-state index contributed by atoms with van der Waals surface area (Å²) in [6.07, 6.45) is 10.0. The third-order valence-electron chi connectivity index (χ3n) is 4.05. The van der Waals surface area contributed by atoms with E-state index in [-0.39, 0.29) is 5.91 Å². The molecule has 1 fully saturated rings. The summed E-state index contributed by atoms with van der Waals surface area (Å²) in [7, 11) is 0. The molecule has 0 atom stereocenters. The number of aryl methyl sites for hydroxylation is 1. The zero-order valence-electron chi connectivity index (χ0n) is 12.1. The molecule has 110 valence electrons. The van der Waals surface area contributed by atoms with Crippen LogP contribution in [0.2, 0.25) is 0 Å². The van der Waals surface area contributed by atoms with Crippen LogP contribution in [0, 0.1) is 0 Å². The minimum atomic E-state index is 0.246. The van der Waals surface area contributed by atoms with Crippen LogP contribution in [0.1, 0.15) is 31.0 Å². The van der Waals surface area contributed by atoms with E-state index in [1.807, 2.05) is 40.1 Å². The Labute approximate surface area is 124 Å². The summed E-state index contributed by atoms with van der Waals surface area (Å²) in [5, 5.41) is 0. The van der Waals surface area contributed by atoms with E-state index in [1.165, 1.54) is 0 Å². The predicted molar refractivity (Wildman–Crippen MR) is 79.6 cm³/mol. The maximum absolute atomic E-state index is 12.2. The number of nitrogens with zero attached hydrogens (tertiary/aromatic N) is 4. The lowest BCUT2D eigenvalue weighted by Crippen LogP contribution is -2.38. The lowest BCUT2D eigenvalue weighted by atomic mass is 9.96. The van der Waals surface area contributed by atoms with Gasteiger partial charge in [0.05, 0.1) is 0 Å². The Morgan fingerprint density at radius 3 is 2.43 bits per heavy atom. The third kappa shape index (κ3) is 3.48. The van der Waals surface area contributed by atoms with Crippen molar-refractivity contribution in [2.75, 3.05) is 13.1 Å². The van der Waals surface area contributed by atoms with Crippen molar-refractivity contribution in [3.63, 3.8) is 0 Å². The summed E-state index contributed by atoms with van der Waals surface area (Å²) in [5.74, 6) is 1.55. The number of carbonyl (C=O) groups excluding carboxylic acids is 1. The van der Waals surface area contributed by atoms with E-state index in [9.17, 15) is 4.79 Å². The Morgan fingerprint density at radius 1 is 1.10 bits per heavy atom. The van der Waals surface area contributed by atoms with E-state index < -0.39 is 0 Å². The lowest BCUT2D eigenvalue weighted by molar-refractivity contribution is -0.132. The Morgan fingerprint density at radius 2 is 1.76 bits per heavy atom. The number of hydrogen-bond acceptors (Lipinski definition) is 3. The van der Waals surface area contributed by atoms with Gasteiger partial charge in [-0.15, -0.1) is 0 Å². The molecule has 5 nitrogen and oxygen atoms in total. The van der Waals surface area contributed by atoms with Crippen molar-refractivity contribution in [3.05, 3.63) is 48.8 Å². The zero-order valence-corrected chi connectivity index (χ0v) is 12.1. The number of piperidine rings is 1. The first kappa shape index (κ1) is 13.8. The van der Waals surface area contributed by atoms with Crippen LogP contribution in [0.5, 0.6) is 0 Å². The van der Waals surface area contributed by atoms with Crippen LogP contribution in [-0.2, 0) is 11.3 Å². The van der Waals surface area contributed by atoms with Gasteiger partial charge in [-0.25, -0.2) is 9.97 Å². The first-order valence-corrected chi connectivity index (χ1v) is 7.48. The Bertz CT molecular complexity index is 559. The predicted octanol–water partition coefficient (Wildman–Crippen LogP) is 2.07. The van der Waals surface area contributed by atoms with Crippen molar-refractivity contribution in [2.45, 2.75) is 31.7 Å². The van der Waals surface area contributed by atoms with Crippen LogP contribution < -0.4 is 0 Å². The second-order valence-electron chi connectivity index (χ2n) is 5.43. The van der Waals surface area contributed by atoms with Crippen LogP contribution >= 0.6 is 0 Å². The molecule has 0 aliphatic carbocycles. The molecule has 0 saturated carbocycles. The van der Waals surface area contributed by atoms with Crippen molar-refractivity contribution in [3.8, 4) is 0 Å². The molecule has 0 N–H and O–H groups in total. The van der Waals surface area contributed by atoms with Crippen molar-refractivity contribution >= 4 is 5.91 Å². The quantitative estimate of drug-likeness (QED) is 0.863. The second-order valence-corrected chi connectivity index (χ2v) is 5.43. The van der Waals surface area contributed by atoms with Gasteiger partial charge in [-0.3, -0.25) is 4.79 Å². The Balaban J connectivity index is 1.48. The largest absolute Gasteiger partial charge is 0.354 e. The molecule has 1 aliphatic heterocycles. The molecule has 21 heavy (non-hydrogen) atoms. The van der Waals surface area contributed by atoms with E-state index in [0.717, 1.165) is 38.3 Å². The fourth-order valence-corrected chi connectivity index (χ4v) is 2.81. The van der Waals surface area contributed by atoms with E-state index in [4.69, 9.17) is 0 Å². The third-order valence-corrected chi connectivity index (χ3v) is 4.05. The number of amides is 1. The molecule has 1 aliphatic rings. The number of likely N-dealkylation sites (tertiary alicyclic amines) is 1. The van der Waals surface area contributed by atoms with Gasteiger partial charge in [0, 0.05) is 56.8 Å². The highest BCUT2D eigenvalue weighted by Gasteiger charge is 2.24. The van der Waals surface area contributed by atoms with Gasteiger partial charge in [-0.2, -0.15) is 0 Å². The SMILES string of the molecule is O=C(CCn1cccc1)N1CCC(c2ncccn2)CC1. The molecule has 2 aromatic rings. The Hall–Kier alpha value is -2.17. The summed E-state index contributed by atoms with van der Waals surface area (Å²) in [5.41, 5.74) is 0. The fourth-order valence-electron chi connectivity index (χ4n) is 2.81. The highest BCUT2D eigenvalue weighted by atomic mass is 16.2. The molecular formula is C16H20N4O. The van der Waals surface area contributed by atoms with Gasteiger partial charge in [0.1, 0.15) is 5.82 Å². The monoisotopic (exact) mass is 284 g/mol. The van der Waals surface area contributed by atoms with Gasteiger partial charge in [0.15, 0.2) is 0 Å². The van der Waals surface area contributed by atoms with Crippen molar-refractivity contribution < 1.29 is 4.79 Å². The van der Waals surface area contributed by atoms with Crippen molar-refractivity contribution in [1.29, 1.82) is 0 Å².